The molecular weight excluding hydrogens is 346 g/mol. The van der Waals surface area contributed by atoms with Gasteiger partial charge >= 0.3 is 6.03 Å². The lowest BCUT2D eigenvalue weighted by Crippen LogP contribution is -2.46. The van der Waals surface area contributed by atoms with Crippen molar-refractivity contribution in [3.63, 3.8) is 0 Å². The molecule has 0 spiro atoms. The van der Waals surface area contributed by atoms with Crippen LogP contribution in [0, 0.1) is 0 Å². The van der Waals surface area contributed by atoms with Crippen LogP contribution in [-0.4, -0.2) is 69.6 Å². The van der Waals surface area contributed by atoms with Crippen LogP contribution in [0.3, 0.4) is 0 Å². The highest BCUT2D eigenvalue weighted by atomic mass is 16.6. The first-order valence-electron chi connectivity index (χ1n) is 9.74. The number of rotatable bonds is 3. The maximum Gasteiger partial charge on any atom is 0.317 e. The Balaban J connectivity index is 1.30. The number of carbonyl (C=O) groups excluding carboxylic acids is 1. The van der Waals surface area contributed by atoms with Gasteiger partial charge in [-0.3, -0.25) is 0 Å². The third-order valence-electron chi connectivity index (χ3n) is 5.11. The van der Waals surface area contributed by atoms with Crippen LogP contribution < -0.4 is 20.1 Å². The smallest absolute Gasteiger partial charge is 0.317 e. The summed E-state index contributed by atoms with van der Waals surface area (Å²) in [7, 11) is 0. The Kier molecular flexibility index (Phi) is 5.79. The van der Waals surface area contributed by atoms with Crippen molar-refractivity contribution in [1.82, 2.24) is 15.5 Å². The fourth-order valence-corrected chi connectivity index (χ4v) is 3.57. The molecule has 1 aromatic rings. The molecule has 4 rings (SSSR count). The van der Waals surface area contributed by atoms with Crippen molar-refractivity contribution in [2.75, 3.05) is 52.5 Å². The minimum absolute atomic E-state index is 0.0275. The van der Waals surface area contributed by atoms with Crippen LogP contribution in [0.15, 0.2) is 24.3 Å². The topological polar surface area (TPSA) is 72.1 Å². The van der Waals surface area contributed by atoms with Crippen molar-refractivity contribution < 1.29 is 19.0 Å². The zero-order valence-electron chi connectivity index (χ0n) is 15.5. The number of nitrogens with one attached hydrogen (secondary N) is 2. The molecule has 3 heterocycles. The predicted molar refractivity (Wildman–Crippen MR) is 102 cm³/mol. The minimum Gasteiger partial charge on any atom is -0.486 e. The van der Waals surface area contributed by atoms with Gasteiger partial charge in [0.2, 0.25) is 0 Å². The highest BCUT2D eigenvalue weighted by Gasteiger charge is 2.21. The van der Waals surface area contributed by atoms with Crippen LogP contribution in [0.2, 0.25) is 0 Å². The number of nitrogens with zero attached hydrogens (tertiary/aromatic N) is 1. The normalized spacial score (nSPS) is 22.6. The Hall–Kier alpha value is -2.25. The highest BCUT2D eigenvalue weighted by molar-refractivity contribution is 5.77. The number of ether oxygens (including phenoxy) is 3. The lowest BCUT2D eigenvalue weighted by Gasteiger charge is -2.28. The van der Waals surface area contributed by atoms with Crippen LogP contribution in [-0.2, 0) is 4.74 Å². The quantitative estimate of drug-likeness (QED) is 0.843. The molecular formula is C20H27N3O4. The van der Waals surface area contributed by atoms with Crippen molar-refractivity contribution in [3.05, 3.63) is 29.8 Å². The van der Waals surface area contributed by atoms with E-state index in [4.69, 9.17) is 14.2 Å². The number of hydrogen-bond donors (Lipinski definition) is 2. The van der Waals surface area contributed by atoms with Crippen molar-refractivity contribution in [2.24, 2.45) is 0 Å². The van der Waals surface area contributed by atoms with E-state index in [1.165, 1.54) is 5.57 Å². The van der Waals surface area contributed by atoms with E-state index < -0.39 is 0 Å². The monoisotopic (exact) mass is 373 g/mol. The van der Waals surface area contributed by atoms with Gasteiger partial charge in [-0.1, -0.05) is 12.1 Å². The molecule has 0 radical (unpaired) electrons. The fourth-order valence-electron chi connectivity index (χ4n) is 3.57. The average Bonchev–Trinajstić information content (AvgIpc) is 3.01. The van der Waals surface area contributed by atoms with Crippen molar-refractivity contribution in [1.29, 1.82) is 0 Å². The lowest BCUT2D eigenvalue weighted by molar-refractivity contribution is 0.0673. The zero-order valence-corrected chi connectivity index (χ0v) is 15.5. The summed E-state index contributed by atoms with van der Waals surface area (Å²) < 4.78 is 17.0. The van der Waals surface area contributed by atoms with Gasteiger partial charge in [-0.15, -0.1) is 0 Å². The summed E-state index contributed by atoms with van der Waals surface area (Å²) in [6, 6.07) is 6.03. The van der Waals surface area contributed by atoms with Gasteiger partial charge in [-0.05, 0) is 42.7 Å². The van der Waals surface area contributed by atoms with Crippen LogP contribution in [0.1, 0.15) is 18.4 Å². The molecule has 27 heavy (non-hydrogen) atoms. The second-order valence-electron chi connectivity index (χ2n) is 7.02. The molecule has 3 aliphatic rings. The Morgan fingerprint density at radius 1 is 1.22 bits per heavy atom. The van der Waals surface area contributed by atoms with Crippen molar-refractivity contribution >= 4 is 11.6 Å². The van der Waals surface area contributed by atoms with E-state index in [0.29, 0.717) is 32.8 Å². The first-order chi connectivity index (χ1) is 13.3. The molecule has 146 valence electrons. The Bertz CT molecular complexity index is 698. The average molecular weight is 373 g/mol. The van der Waals surface area contributed by atoms with Gasteiger partial charge < -0.3 is 29.7 Å². The molecule has 1 fully saturated rings. The van der Waals surface area contributed by atoms with E-state index in [1.54, 1.807) is 0 Å². The molecule has 1 unspecified atom stereocenters. The van der Waals surface area contributed by atoms with Crippen LogP contribution in [0.5, 0.6) is 11.5 Å². The lowest BCUT2D eigenvalue weighted by atomic mass is 9.99. The Labute approximate surface area is 159 Å². The zero-order chi connectivity index (χ0) is 18.5. The van der Waals surface area contributed by atoms with Crippen LogP contribution in [0.4, 0.5) is 4.79 Å². The van der Waals surface area contributed by atoms with Crippen LogP contribution >= 0.6 is 0 Å². The summed E-state index contributed by atoms with van der Waals surface area (Å²) in [4.78, 5) is 14.3. The molecule has 7 heteroatoms. The second kappa shape index (κ2) is 8.63. The minimum atomic E-state index is -0.0275. The van der Waals surface area contributed by atoms with Gasteiger partial charge in [-0.25, -0.2) is 4.79 Å². The van der Waals surface area contributed by atoms with Crippen LogP contribution in [0.25, 0.3) is 5.57 Å². The molecule has 2 N–H and O–H groups in total. The number of hydrogen-bond acceptors (Lipinski definition) is 5. The number of fused-ring (bicyclic) bond motifs is 1. The molecule has 3 aliphatic heterocycles. The molecule has 0 bridgehead atoms. The van der Waals surface area contributed by atoms with E-state index in [-0.39, 0.29) is 12.1 Å². The summed E-state index contributed by atoms with van der Waals surface area (Å²) in [6.45, 7) is 5.55. The van der Waals surface area contributed by atoms with E-state index in [9.17, 15) is 4.79 Å². The third kappa shape index (κ3) is 4.54. The largest absolute Gasteiger partial charge is 0.486 e. The third-order valence-corrected chi connectivity index (χ3v) is 5.11. The number of carbonyl (C=O) groups is 1. The molecule has 7 nitrogen and oxygen atoms in total. The van der Waals surface area contributed by atoms with E-state index >= 15 is 0 Å². The van der Waals surface area contributed by atoms with E-state index in [0.717, 1.165) is 49.6 Å². The van der Waals surface area contributed by atoms with E-state index in [1.807, 2.05) is 17.0 Å². The molecule has 2 amide bonds. The molecule has 0 saturated carbocycles. The van der Waals surface area contributed by atoms with Crippen molar-refractivity contribution in [2.45, 2.75) is 18.9 Å². The second-order valence-corrected chi connectivity index (χ2v) is 7.02. The first-order valence-corrected chi connectivity index (χ1v) is 9.74. The fraction of sp³-hybridized carbons (Fsp3) is 0.550. The standard InChI is InChI=1S/C20H27N3O4/c24-20(22-14-17-13-21-6-1-9-25-17)23-7-4-15(5-8-23)16-2-3-18-19(12-16)27-11-10-26-18/h2-4,12,17,21H,1,5-11,13-14H2,(H,22,24). The molecule has 1 aromatic carbocycles. The summed E-state index contributed by atoms with van der Waals surface area (Å²) in [5.41, 5.74) is 2.38. The van der Waals surface area contributed by atoms with Gasteiger partial charge in [0, 0.05) is 32.8 Å². The maximum absolute atomic E-state index is 12.4. The Morgan fingerprint density at radius 3 is 2.96 bits per heavy atom. The molecule has 0 aromatic heterocycles. The SMILES string of the molecule is O=C(NCC1CNCCCO1)N1CC=C(c2ccc3c(c2)OCCO3)CC1. The molecule has 1 saturated heterocycles. The van der Waals surface area contributed by atoms with E-state index in [2.05, 4.69) is 22.8 Å². The molecule has 0 aliphatic carbocycles. The highest BCUT2D eigenvalue weighted by Crippen LogP contribution is 2.34. The predicted octanol–water partition coefficient (Wildman–Crippen LogP) is 1.63. The number of benzene rings is 1. The van der Waals surface area contributed by atoms with Gasteiger partial charge in [-0.2, -0.15) is 0 Å². The molecule has 1 atom stereocenters. The maximum atomic E-state index is 12.4. The van der Waals surface area contributed by atoms with Gasteiger partial charge in [0.25, 0.3) is 0 Å². The Morgan fingerprint density at radius 2 is 2.11 bits per heavy atom. The van der Waals surface area contributed by atoms with Gasteiger partial charge in [0.15, 0.2) is 11.5 Å². The van der Waals surface area contributed by atoms with Gasteiger partial charge in [0.05, 0.1) is 6.10 Å². The number of urea groups is 1. The summed E-state index contributed by atoms with van der Waals surface area (Å²) in [5, 5.41) is 6.33. The summed E-state index contributed by atoms with van der Waals surface area (Å²) in [6.07, 6.45) is 4.02. The van der Waals surface area contributed by atoms with Gasteiger partial charge in [0.1, 0.15) is 13.2 Å². The summed E-state index contributed by atoms with van der Waals surface area (Å²) in [5.74, 6) is 1.61. The summed E-state index contributed by atoms with van der Waals surface area (Å²) >= 11 is 0. The van der Waals surface area contributed by atoms with Crippen molar-refractivity contribution in [3.8, 4) is 11.5 Å². The first kappa shape index (κ1) is 18.1. The number of amides is 2.